The molecule has 0 amide bonds. The smallest absolute Gasteiger partial charge is 0.258 e. The predicted molar refractivity (Wildman–Crippen MR) is 83.6 cm³/mol. The number of nitrogens with two attached hydrogens (primary N) is 1. The molecule has 112 valence electrons. The lowest BCUT2D eigenvalue weighted by molar-refractivity contribution is -0.0469. The highest BCUT2D eigenvalue weighted by Crippen LogP contribution is 2.41. The second-order valence-corrected chi connectivity index (χ2v) is 6.15. The molecule has 1 aliphatic rings. The van der Waals surface area contributed by atoms with Crippen LogP contribution < -0.4 is 5.73 Å². The first-order chi connectivity index (χ1) is 10.1. The molecule has 0 spiro atoms. The maximum Gasteiger partial charge on any atom is 0.258 e. The van der Waals surface area contributed by atoms with Crippen LogP contribution in [0.4, 0.5) is 5.69 Å². The molecule has 1 aromatic carbocycles. The normalized spacial score (nSPS) is 17.2. The summed E-state index contributed by atoms with van der Waals surface area (Å²) in [5.41, 5.74) is 6.95. The van der Waals surface area contributed by atoms with Crippen LogP contribution in [0, 0.1) is 0 Å². The lowest BCUT2D eigenvalue weighted by Crippen LogP contribution is -2.27. The van der Waals surface area contributed by atoms with Crippen LogP contribution in [-0.4, -0.2) is 16.7 Å². The van der Waals surface area contributed by atoms with Crippen LogP contribution >= 0.6 is 15.9 Å². The van der Waals surface area contributed by atoms with Gasteiger partial charge in [-0.1, -0.05) is 5.16 Å². The summed E-state index contributed by atoms with van der Waals surface area (Å²) in [5, 5.41) is 4.16. The van der Waals surface area contributed by atoms with Gasteiger partial charge in [0.1, 0.15) is 5.60 Å². The van der Waals surface area contributed by atoms with E-state index < -0.39 is 0 Å². The average molecular weight is 352 g/mol. The van der Waals surface area contributed by atoms with Gasteiger partial charge in [0.2, 0.25) is 5.82 Å². The molecule has 1 saturated carbocycles. The predicted octanol–water partition coefficient (Wildman–Crippen LogP) is 3.89. The Kier molecular flexibility index (Phi) is 3.99. The Morgan fingerprint density at radius 3 is 2.81 bits per heavy atom. The van der Waals surface area contributed by atoms with E-state index in [1.807, 2.05) is 25.1 Å². The van der Waals surface area contributed by atoms with Gasteiger partial charge in [-0.15, -0.1) is 0 Å². The second-order valence-electron chi connectivity index (χ2n) is 5.29. The van der Waals surface area contributed by atoms with Gasteiger partial charge in [-0.3, -0.25) is 0 Å². The summed E-state index contributed by atoms with van der Waals surface area (Å²) in [7, 11) is 0. The highest BCUT2D eigenvalue weighted by atomic mass is 79.9. The number of halogens is 1. The summed E-state index contributed by atoms with van der Waals surface area (Å²) in [6, 6.07) is 5.57. The zero-order valence-electron chi connectivity index (χ0n) is 11.9. The number of nitrogen functional groups attached to an aromatic ring is 1. The summed E-state index contributed by atoms with van der Waals surface area (Å²) in [4.78, 5) is 4.56. The number of benzene rings is 1. The average Bonchev–Trinajstić information content (AvgIpc) is 3.12. The summed E-state index contributed by atoms with van der Waals surface area (Å²) < 4.78 is 12.2. The molecule has 3 rings (SSSR count). The molecule has 0 unspecified atom stereocenters. The molecule has 2 N–H and O–H groups in total. The van der Waals surface area contributed by atoms with Gasteiger partial charge in [0.05, 0.1) is 0 Å². The van der Waals surface area contributed by atoms with Crippen LogP contribution in [0.3, 0.4) is 0 Å². The molecule has 1 aromatic heterocycles. The van der Waals surface area contributed by atoms with Gasteiger partial charge >= 0.3 is 0 Å². The minimum absolute atomic E-state index is 0.373. The molecule has 21 heavy (non-hydrogen) atoms. The maximum absolute atomic E-state index is 5.95. The molecule has 2 aromatic rings. The number of hydrogen-bond acceptors (Lipinski definition) is 5. The van der Waals surface area contributed by atoms with Crippen molar-refractivity contribution in [2.45, 2.75) is 38.2 Å². The van der Waals surface area contributed by atoms with Crippen molar-refractivity contribution in [3.63, 3.8) is 0 Å². The van der Waals surface area contributed by atoms with E-state index in [2.05, 4.69) is 26.1 Å². The molecule has 1 heterocycles. The van der Waals surface area contributed by atoms with Gasteiger partial charge in [-0.05, 0) is 66.7 Å². The Morgan fingerprint density at radius 2 is 2.14 bits per heavy atom. The van der Waals surface area contributed by atoms with Gasteiger partial charge in [0.25, 0.3) is 5.89 Å². The van der Waals surface area contributed by atoms with E-state index in [1.165, 1.54) is 0 Å². The number of aromatic nitrogens is 2. The van der Waals surface area contributed by atoms with Gasteiger partial charge in [0.15, 0.2) is 0 Å². The Hall–Kier alpha value is -1.40. The molecule has 0 aliphatic heterocycles. The van der Waals surface area contributed by atoms with Crippen molar-refractivity contribution in [3.8, 4) is 11.5 Å². The third-order valence-corrected chi connectivity index (χ3v) is 4.60. The fraction of sp³-hybridized carbons (Fsp3) is 0.467. The molecule has 0 bridgehead atoms. The third kappa shape index (κ3) is 2.70. The van der Waals surface area contributed by atoms with E-state index in [0.29, 0.717) is 24.0 Å². The molecular weight excluding hydrogens is 334 g/mol. The summed E-state index contributed by atoms with van der Waals surface area (Å²) in [5.74, 6) is 1.15. The Morgan fingerprint density at radius 1 is 1.38 bits per heavy atom. The Balaban J connectivity index is 1.93. The topological polar surface area (TPSA) is 74.2 Å². The van der Waals surface area contributed by atoms with Gasteiger partial charge < -0.3 is 15.0 Å². The number of ether oxygens (including phenoxy) is 1. The van der Waals surface area contributed by atoms with Crippen LogP contribution in [0.2, 0.25) is 0 Å². The first kappa shape index (κ1) is 14.5. The summed E-state index contributed by atoms with van der Waals surface area (Å²) in [6.07, 6.45) is 4.17. The van der Waals surface area contributed by atoms with Crippen molar-refractivity contribution in [1.29, 1.82) is 0 Å². The zero-order chi connectivity index (χ0) is 14.9. The van der Waals surface area contributed by atoms with E-state index in [-0.39, 0.29) is 5.60 Å². The van der Waals surface area contributed by atoms with Gasteiger partial charge in [0, 0.05) is 22.3 Å². The van der Waals surface area contributed by atoms with E-state index >= 15 is 0 Å². The van der Waals surface area contributed by atoms with Crippen molar-refractivity contribution in [2.75, 3.05) is 12.3 Å². The first-order valence-electron chi connectivity index (χ1n) is 7.18. The molecular formula is C15H18BrN3O2. The quantitative estimate of drug-likeness (QED) is 0.845. The van der Waals surface area contributed by atoms with Crippen molar-refractivity contribution in [2.24, 2.45) is 0 Å². The number of hydrogen-bond donors (Lipinski definition) is 1. The van der Waals surface area contributed by atoms with Crippen molar-refractivity contribution in [3.05, 3.63) is 28.5 Å². The van der Waals surface area contributed by atoms with Crippen LogP contribution in [0.1, 0.15) is 38.4 Å². The maximum atomic E-state index is 5.95. The van der Waals surface area contributed by atoms with E-state index in [9.17, 15) is 0 Å². The van der Waals surface area contributed by atoms with Crippen molar-refractivity contribution < 1.29 is 9.26 Å². The highest BCUT2D eigenvalue weighted by Gasteiger charge is 2.40. The van der Waals surface area contributed by atoms with Crippen molar-refractivity contribution in [1.82, 2.24) is 10.1 Å². The minimum Gasteiger partial charge on any atom is -0.398 e. The standard InChI is InChI=1S/C15H18BrN3O2/c1-2-20-15(7-3-4-8-15)14-18-13(21-19-14)10-5-6-12(17)11(16)9-10/h5-6,9H,2-4,7-8,17H2,1H3. The van der Waals surface area contributed by atoms with Crippen LogP contribution in [0.25, 0.3) is 11.5 Å². The second kappa shape index (κ2) is 5.77. The zero-order valence-corrected chi connectivity index (χ0v) is 13.5. The molecule has 1 aliphatic carbocycles. The molecule has 5 nitrogen and oxygen atoms in total. The largest absolute Gasteiger partial charge is 0.398 e. The molecule has 0 radical (unpaired) electrons. The van der Waals surface area contributed by atoms with Gasteiger partial charge in [-0.2, -0.15) is 4.98 Å². The third-order valence-electron chi connectivity index (χ3n) is 3.91. The van der Waals surface area contributed by atoms with Crippen LogP contribution in [0.5, 0.6) is 0 Å². The monoisotopic (exact) mass is 351 g/mol. The van der Waals surface area contributed by atoms with E-state index in [0.717, 1.165) is 35.7 Å². The SMILES string of the molecule is CCOC1(c2noc(-c3ccc(N)c(Br)c3)n2)CCCC1. The number of nitrogens with zero attached hydrogens (tertiary/aromatic N) is 2. The van der Waals surface area contributed by atoms with E-state index in [1.54, 1.807) is 0 Å². The fourth-order valence-electron chi connectivity index (χ4n) is 2.84. The first-order valence-corrected chi connectivity index (χ1v) is 7.97. The minimum atomic E-state index is -0.373. The summed E-state index contributed by atoms with van der Waals surface area (Å²) >= 11 is 3.41. The highest BCUT2D eigenvalue weighted by molar-refractivity contribution is 9.10. The van der Waals surface area contributed by atoms with Gasteiger partial charge in [-0.25, -0.2) is 0 Å². The lowest BCUT2D eigenvalue weighted by atomic mass is 10.0. The molecule has 0 saturated heterocycles. The Labute approximate surface area is 132 Å². The number of anilines is 1. The molecule has 6 heteroatoms. The molecule has 0 atom stereocenters. The lowest BCUT2D eigenvalue weighted by Gasteiger charge is -2.24. The fourth-order valence-corrected chi connectivity index (χ4v) is 3.22. The number of rotatable bonds is 4. The summed E-state index contributed by atoms with van der Waals surface area (Å²) in [6.45, 7) is 2.65. The Bertz CT molecular complexity index is 636. The molecule has 1 fully saturated rings. The van der Waals surface area contributed by atoms with Crippen LogP contribution in [0.15, 0.2) is 27.2 Å². The van der Waals surface area contributed by atoms with Crippen LogP contribution in [-0.2, 0) is 10.3 Å². The van der Waals surface area contributed by atoms with E-state index in [4.69, 9.17) is 15.0 Å². The van der Waals surface area contributed by atoms with Crippen molar-refractivity contribution >= 4 is 21.6 Å².